The minimum atomic E-state index is -3.67. The minimum Gasteiger partial charge on any atom is -0.373 e. The molecule has 1 saturated carbocycles. The molecule has 2 aromatic carbocycles. The van der Waals surface area contributed by atoms with E-state index in [9.17, 15) is 18.0 Å². The zero-order valence-corrected chi connectivity index (χ0v) is 18.9. The zero-order valence-electron chi connectivity index (χ0n) is 18.1. The lowest BCUT2D eigenvalue weighted by molar-refractivity contribution is -0.0440. The fourth-order valence-corrected chi connectivity index (χ4v) is 5.28. The highest BCUT2D eigenvalue weighted by Gasteiger charge is 2.32. The standard InChI is InChI=1S/C23H27N3O5S/c1-15-13-26(14-16(2)31-15)32(29,30)21-10-6-17(7-11-21)22(27)25-20-5-3-4-18(12-20)23(28)24-19-8-9-19/h3-7,10-12,15-16,19H,8-9,13-14H2,1-2H3,(H,24,28)(H,25,27)/t15-,16+. The maximum Gasteiger partial charge on any atom is 0.255 e. The van der Waals surface area contributed by atoms with Crippen molar-refractivity contribution >= 4 is 27.5 Å². The second-order valence-corrected chi connectivity index (χ2v) is 10.3. The van der Waals surface area contributed by atoms with Gasteiger partial charge in [-0.3, -0.25) is 9.59 Å². The lowest BCUT2D eigenvalue weighted by atomic mass is 10.1. The Morgan fingerprint density at radius 2 is 1.59 bits per heavy atom. The van der Waals surface area contributed by atoms with Gasteiger partial charge in [0.2, 0.25) is 10.0 Å². The first-order chi connectivity index (χ1) is 15.2. The Kier molecular flexibility index (Phi) is 6.32. The predicted octanol–water partition coefficient (Wildman–Crippen LogP) is 2.63. The Hall–Kier alpha value is -2.75. The van der Waals surface area contributed by atoms with E-state index < -0.39 is 10.0 Å². The van der Waals surface area contributed by atoms with Gasteiger partial charge in [0.05, 0.1) is 17.1 Å². The average Bonchev–Trinajstić information content (AvgIpc) is 3.57. The Morgan fingerprint density at radius 3 is 2.22 bits per heavy atom. The van der Waals surface area contributed by atoms with Gasteiger partial charge in [0, 0.05) is 35.9 Å². The van der Waals surface area contributed by atoms with E-state index >= 15 is 0 Å². The predicted molar refractivity (Wildman–Crippen MR) is 120 cm³/mol. The van der Waals surface area contributed by atoms with E-state index in [1.54, 1.807) is 24.3 Å². The number of rotatable bonds is 6. The summed E-state index contributed by atoms with van der Waals surface area (Å²) < 4.78 is 33.0. The maximum absolute atomic E-state index is 13.0. The van der Waals surface area contributed by atoms with Crippen LogP contribution in [0.25, 0.3) is 0 Å². The van der Waals surface area contributed by atoms with Crippen molar-refractivity contribution < 1.29 is 22.7 Å². The number of hydrogen-bond acceptors (Lipinski definition) is 5. The number of amides is 2. The number of ether oxygens (including phenoxy) is 1. The fourth-order valence-electron chi connectivity index (χ4n) is 3.69. The molecule has 9 heteroatoms. The molecule has 4 rings (SSSR count). The molecular formula is C23H27N3O5S. The number of carbonyl (C=O) groups is 2. The van der Waals surface area contributed by atoms with Crippen molar-refractivity contribution in [3.05, 3.63) is 59.7 Å². The summed E-state index contributed by atoms with van der Waals surface area (Å²) in [4.78, 5) is 25.0. The quantitative estimate of drug-likeness (QED) is 0.694. The first-order valence-corrected chi connectivity index (χ1v) is 12.1. The SMILES string of the molecule is C[C@@H]1CN(S(=O)(=O)c2ccc(C(=O)Nc3cccc(C(=O)NC4CC4)c3)cc2)C[C@H](C)O1. The molecule has 1 saturated heterocycles. The number of morpholine rings is 1. The van der Waals surface area contributed by atoms with Crippen LogP contribution in [0.2, 0.25) is 0 Å². The zero-order chi connectivity index (χ0) is 22.9. The largest absolute Gasteiger partial charge is 0.373 e. The monoisotopic (exact) mass is 457 g/mol. The summed E-state index contributed by atoms with van der Waals surface area (Å²) >= 11 is 0. The van der Waals surface area contributed by atoms with Crippen LogP contribution in [0.5, 0.6) is 0 Å². The summed E-state index contributed by atoms with van der Waals surface area (Å²) in [6.45, 7) is 4.27. The van der Waals surface area contributed by atoms with Crippen molar-refractivity contribution in [1.82, 2.24) is 9.62 Å². The fraction of sp³-hybridized carbons (Fsp3) is 0.391. The second-order valence-electron chi connectivity index (χ2n) is 8.39. The number of benzene rings is 2. The van der Waals surface area contributed by atoms with Gasteiger partial charge in [-0.15, -0.1) is 0 Å². The van der Waals surface area contributed by atoms with Gasteiger partial charge in [-0.1, -0.05) is 6.07 Å². The van der Waals surface area contributed by atoms with E-state index in [0.717, 1.165) is 12.8 Å². The van der Waals surface area contributed by atoms with Gasteiger partial charge in [0.1, 0.15) is 0 Å². The van der Waals surface area contributed by atoms with Crippen LogP contribution < -0.4 is 10.6 Å². The van der Waals surface area contributed by atoms with Gasteiger partial charge in [0.25, 0.3) is 11.8 Å². The Bertz CT molecular complexity index is 1100. The van der Waals surface area contributed by atoms with Crippen molar-refractivity contribution in [1.29, 1.82) is 0 Å². The molecule has 1 aliphatic carbocycles. The Balaban J connectivity index is 1.44. The minimum absolute atomic E-state index is 0.133. The number of anilines is 1. The van der Waals surface area contributed by atoms with Crippen molar-refractivity contribution in [2.75, 3.05) is 18.4 Å². The first kappa shape index (κ1) is 22.4. The van der Waals surface area contributed by atoms with Crippen LogP contribution in [0.3, 0.4) is 0 Å². The third-order valence-electron chi connectivity index (χ3n) is 5.44. The van der Waals surface area contributed by atoms with E-state index in [4.69, 9.17) is 4.74 Å². The summed E-state index contributed by atoms with van der Waals surface area (Å²) in [6, 6.07) is 12.8. The number of carbonyl (C=O) groups excluding carboxylic acids is 2. The van der Waals surface area contributed by atoms with Crippen LogP contribution >= 0.6 is 0 Å². The maximum atomic E-state index is 13.0. The van der Waals surface area contributed by atoms with E-state index in [0.29, 0.717) is 29.9 Å². The number of sulfonamides is 1. The average molecular weight is 458 g/mol. The van der Waals surface area contributed by atoms with Crippen LogP contribution in [0, 0.1) is 0 Å². The molecule has 32 heavy (non-hydrogen) atoms. The molecule has 2 fully saturated rings. The molecular weight excluding hydrogens is 430 g/mol. The molecule has 0 bridgehead atoms. The summed E-state index contributed by atoms with van der Waals surface area (Å²) in [5.74, 6) is -0.549. The van der Waals surface area contributed by atoms with Crippen molar-refractivity contribution in [2.45, 2.75) is 49.8 Å². The molecule has 1 aliphatic heterocycles. The van der Waals surface area contributed by atoms with Crippen LogP contribution in [0.1, 0.15) is 47.4 Å². The first-order valence-electron chi connectivity index (χ1n) is 10.7. The molecule has 170 valence electrons. The molecule has 2 aromatic rings. The van der Waals surface area contributed by atoms with Gasteiger partial charge in [-0.2, -0.15) is 4.31 Å². The molecule has 0 aromatic heterocycles. The molecule has 1 heterocycles. The molecule has 8 nitrogen and oxygen atoms in total. The number of nitrogens with zero attached hydrogens (tertiary/aromatic N) is 1. The van der Waals surface area contributed by atoms with Crippen LogP contribution in [0.15, 0.2) is 53.4 Å². The van der Waals surface area contributed by atoms with E-state index in [-0.39, 0.29) is 35.0 Å². The molecule has 2 amide bonds. The van der Waals surface area contributed by atoms with Crippen molar-refractivity contribution in [3.63, 3.8) is 0 Å². The molecule has 2 aliphatic rings. The van der Waals surface area contributed by atoms with E-state index in [1.807, 2.05) is 13.8 Å². The van der Waals surface area contributed by atoms with Crippen LogP contribution in [-0.2, 0) is 14.8 Å². The topological polar surface area (TPSA) is 105 Å². The number of nitrogens with one attached hydrogen (secondary N) is 2. The molecule has 0 unspecified atom stereocenters. The number of hydrogen-bond donors (Lipinski definition) is 2. The summed E-state index contributed by atoms with van der Waals surface area (Å²) in [5, 5.41) is 5.68. The van der Waals surface area contributed by atoms with Crippen LogP contribution in [0.4, 0.5) is 5.69 Å². The van der Waals surface area contributed by atoms with E-state index in [1.165, 1.54) is 28.6 Å². The van der Waals surface area contributed by atoms with Gasteiger partial charge in [-0.25, -0.2) is 8.42 Å². The lowest BCUT2D eigenvalue weighted by Crippen LogP contribution is -2.48. The van der Waals surface area contributed by atoms with Crippen molar-refractivity contribution in [2.24, 2.45) is 0 Å². The second kappa shape index (κ2) is 9.01. The normalized spacial score (nSPS) is 21.7. The highest BCUT2D eigenvalue weighted by Crippen LogP contribution is 2.22. The smallest absolute Gasteiger partial charge is 0.255 e. The molecule has 2 atom stereocenters. The Morgan fingerprint density at radius 1 is 0.938 bits per heavy atom. The summed E-state index contributed by atoms with van der Waals surface area (Å²) in [6.07, 6.45) is 1.64. The van der Waals surface area contributed by atoms with Crippen LogP contribution in [-0.4, -0.2) is 55.9 Å². The Labute approximate surface area is 188 Å². The lowest BCUT2D eigenvalue weighted by Gasteiger charge is -2.34. The highest BCUT2D eigenvalue weighted by atomic mass is 32.2. The van der Waals surface area contributed by atoms with Gasteiger partial charge < -0.3 is 15.4 Å². The third kappa shape index (κ3) is 5.17. The highest BCUT2D eigenvalue weighted by molar-refractivity contribution is 7.89. The van der Waals surface area contributed by atoms with Gasteiger partial charge in [0.15, 0.2) is 0 Å². The summed E-state index contributed by atoms with van der Waals surface area (Å²) in [5.41, 5.74) is 1.29. The van der Waals surface area contributed by atoms with Crippen molar-refractivity contribution in [3.8, 4) is 0 Å². The molecule has 2 N–H and O–H groups in total. The third-order valence-corrected chi connectivity index (χ3v) is 7.28. The summed E-state index contributed by atoms with van der Waals surface area (Å²) in [7, 11) is -3.67. The van der Waals surface area contributed by atoms with Gasteiger partial charge >= 0.3 is 0 Å². The molecule has 0 radical (unpaired) electrons. The molecule has 0 spiro atoms. The van der Waals surface area contributed by atoms with Gasteiger partial charge in [-0.05, 0) is 69.2 Å². The van der Waals surface area contributed by atoms with E-state index in [2.05, 4.69) is 10.6 Å².